The zero-order chi connectivity index (χ0) is 31.5. The highest BCUT2D eigenvalue weighted by Crippen LogP contribution is 2.37. The van der Waals surface area contributed by atoms with Gasteiger partial charge in [0.1, 0.15) is 11.8 Å². The molecule has 1 aliphatic heterocycles. The summed E-state index contributed by atoms with van der Waals surface area (Å²) in [5.74, 6) is -1.75. The number of para-hydroxylation sites is 2. The number of likely N-dealkylation sites (N-methyl/N-ethyl adjacent to an activating group) is 1. The Bertz CT molecular complexity index is 1760. The highest BCUT2D eigenvalue weighted by molar-refractivity contribution is 6.13. The molecule has 0 aromatic heterocycles. The summed E-state index contributed by atoms with van der Waals surface area (Å²) in [4.78, 5) is 56.1. The summed E-state index contributed by atoms with van der Waals surface area (Å²) in [7, 11) is 3.16. The Hall–Kier alpha value is -5.42. The Morgan fingerprint density at radius 3 is 2.34 bits per heavy atom. The summed E-state index contributed by atoms with van der Waals surface area (Å²) in [6, 6.07) is 20.1. The number of carbonyl (C=O) groups is 4. The molecule has 0 saturated heterocycles. The van der Waals surface area contributed by atoms with E-state index in [2.05, 4.69) is 10.6 Å². The van der Waals surface area contributed by atoms with Crippen molar-refractivity contribution in [3.05, 3.63) is 95.6 Å². The van der Waals surface area contributed by atoms with Gasteiger partial charge in [-0.1, -0.05) is 24.3 Å². The summed E-state index contributed by atoms with van der Waals surface area (Å²) in [6.07, 6.45) is 0. The number of aromatic carboxylic acids is 1. The number of nitrogen functional groups attached to an aromatic ring is 1. The number of anilines is 3. The second-order valence-electron chi connectivity index (χ2n) is 10.5. The minimum atomic E-state index is -1.09. The van der Waals surface area contributed by atoms with Crippen molar-refractivity contribution in [2.75, 3.05) is 36.2 Å². The van der Waals surface area contributed by atoms with Gasteiger partial charge in [-0.25, -0.2) is 4.79 Å². The van der Waals surface area contributed by atoms with Crippen LogP contribution < -0.4 is 30.9 Å². The Kier molecular flexibility index (Phi) is 8.50. The molecule has 0 aliphatic carbocycles. The average molecular weight is 596 g/mol. The van der Waals surface area contributed by atoms with E-state index >= 15 is 0 Å². The molecule has 11 nitrogen and oxygen atoms in total. The van der Waals surface area contributed by atoms with Crippen LogP contribution in [0.4, 0.5) is 17.1 Å². The molecule has 4 aromatic rings. The monoisotopic (exact) mass is 595 g/mol. The topological polar surface area (TPSA) is 154 Å². The van der Waals surface area contributed by atoms with Crippen molar-refractivity contribution in [2.45, 2.75) is 25.6 Å². The number of fused-ring (bicyclic) bond motifs is 2. The molecule has 11 heteroatoms. The predicted molar refractivity (Wildman–Crippen MR) is 168 cm³/mol. The van der Waals surface area contributed by atoms with E-state index in [-0.39, 0.29) is 24.6 Å². The van der Waals surface area contributed by atoms with E-state index in [0.717, 1.165) is 0 Å². The van der Waals surface area contributed by atoms with Crippen LogP contribution >= 0.6 is 0 Å². The molecule has 0 radical (unpaired) electrons. The summed E-state index contributed by atoms with van der Waals surface area (Å²) in [6.45, 7) is 1.57. The van der Waals surface area contributed by atoms with Crippen LogP contribution in [0.15, 0.2) is 78.9 Å². The standard InChI is InChI=1S/C33H33N5O6/c1-19(35-2)30(39)36-26-18-38(31(40)20-8-12-23(34)13-9-20)28-7-5-4-6-27(28)37(32(26)41)17-25-24-14-10-22(33(42)43)16-21(24)11-15-29(25)44-3/h4-16,19,26,35H,17-18,34H2,1-3H3,(H,36,39)(H,42,43)/t19-,26?/m0/s1. The lowest BCUT2D eigenvalue weighted by molar-refractivity contribution is -0.128. The van der Waals surface area contributed by atoms with Gasteiger partial charge in [0, 0.05) is 16.8 Å². The van der Waals surface area contributed by atoms with Crippen molar-refractivity contribution >= 4 is 51.5 Å². The van der Waals surface area contributed by atoms with E-state index < -0.39 is 29.9 Å². The molecule has 3 amide bonds. The number of ether oxygens (including phenoxy) is 1. The molecule has 5 N–H and O–H groups in total. The largest absolute Gasteiger partial charge is 0.496 e. The molecule has 0 saturated carbocycles. The lowest BCUT2D eigenvalue weighted by Crippen LogP contribution is -2.55. The predicted octanol–water partition coefficient (Wildman–Crippen LogP) is 3.42. The van der Waals surface area contributed by atoms with Crippen LogP contribution in [0.25, 0.3) is 10.8 Å². The maximum Gasteiger partial charge on any atom is 0.335 e. The van der Waals surface area contributed by atoms with E-state index in [4.69, 9.17) is 10.5 Å². The fourth-order valence-electron chi connectivity index (χ4n) is 5.28. The first-order chi connectivity index (χ1) is 21.1. The second kappa shape index (κ2) is 12.4. The molecule has 5 rings (SSSR count). The number of carboxylic acids is 1. The molecule has 0 bridgehead atoms. The van der Waals surface area contributed by atoms with Crippen LogP contribution in [-0.2, 0) is 16.1 Å². The van der Waals surface area contributed by atoms with Crippen LogP contribution in [-0.4, -0.2) is 61.6 Å². The molecule has 1 unspecified atom stereocenters. The Morgan fingerprint density at radius 1 is 1.00 bits per heavy atom. The van der Waals surface area contributed by atoms with Crippen LogP contribution in [0.1, 0.15) is 33.2 Å². The number of carboxylic acid groups (broad SMARTS) is 1. The average Bonchev–Trinajstić information content (AvgIpc) is 3.14. The molecule has 1 heterocycles. The highest BCUT2D eigenvalue weighted by atomic mass is 16.5. The molecule has 0 spiro atoms. The first-order valence-electron chi connectivity index (χ1n) is 14.0. The minimum Gasteiger partial charge on any atom is -0.496 e. The lowest BCUT2D eigenvalue weighted by atomic mass is 10.00. The van der Waals surface area contributed by atoms with Crippen molar-refractivity contribution in [1.29, 1.82) is 0 Å². The number of amides is 3. The van der Waals surface area contributed by atoms with Gasteiger partial charge >= 0.3 is 5.97 Å². The first-order valence-corrected chi connectivity index (χ1v) is 14.0. The number of methoxy groups -OCH3 is 1. The van der Waals surface area contributed by atoms with Crippen LogP contribution in [0, 0.1) is 0 Å². The number of nitrogens with zero attached hydrogens (tertiary/aromatic N) is 2. The van der Waals surface area contributed by atoms with Crippen molar-refractivity contribution < 1.29 is 29.0 Å². The summed E-state index contributed by atoms with van der Waals surface area (Å²) in [5.41, 5.74) is 8.43. The van der Waals surface area contributed by atoms with E-state index in [9.17, 15) is 24.3 Å². The van der Waals surface area contributed by atoms with Gasteiger partial charge in [0.15, 0.2) is 0 Å². The maximum atomic E-state index is 14.4. The number of hydrogen-bond donors (Lipinski definition) is 4. The molecule has 0 fully saturated rings. The van der Waals surface area contributed by atoms with E-state index in [1.807, 2.05) is 0 Å². The second-order valence-corrected chi connectivity index (χ2v) is 10.5. The zero-order valence-corrected chi connectivity index (χ0v) is 24.5. The fraction of sp³-hybridized carbons (Fsp3) is 0.212. The summed E-state index contributed by atoms with van der Waals surface area (Å²) >= 11 is 0. The van der Waals surface area contributed by atoms with E-state index in [1.165, 1.54) is 23.0 Å². The van der Waals surface area contributed by atoms with Crippen molar-refractivity contribution in [1.82, 2.24) is 10.6 Å². The number of benzene rings is 4. The third-order valence-corrected chi connectivity index (χ3v) is 7.81. The molecule has 4 aromatic carbocycles. The summed E-state index contributed by atoms with van der Waals surface area (Å²) < 4.78 is 5.68. The van der Waals surface area contributed by atoms with Gasteiger partial charge in [-0.3, -0.25) is 14.4 Å². The molecule has 1 aliphatic rings. The molecule has 2 atom stereocenters. The first kappa shape index (κ1) is 30.1. The number of rotatable bonds is 8. The third kappa shape index (κ3) is 5.77. The third-order valence-electron chi connectivity index (χ3n) is 7.81. The number of carbonyl (C=O) groups excluding carboxylic acids is 3. The SMILES string of the molecule is CN[C@@H](C)C(=O)NC1CN(C(=O)c2ccc(N)cc2)c2ccccc2N(Cc2c(OC)ccc3cc(C(=O)O)ccc23)C1=O. The van der Waals surface area contributed by atoms with Crippen molar-refractivity contribution in [3.8, 4) is 5.75 Å². The van der Waals surface area contributed by atoms with Crippen molar-refractivity contribution in [3.63, 3.8) is 0 Å². The van der Waals surface area contributed by atoms with E-state index in [0.29, 0.717) is 44.7 Å². The zero-order valence-electron chi connectivity index (χ0n) is 24.5. The number of nitrogens with one attached hydrogen (secondary N) is 2. The molecular formula is C33H33N5O6. The highest BCUT2D eigenvalue weighted by Gasteiger charge is 2.38. The molecule has 226 valence electrons. The van der Waals surface area contributed by atoms with Crippen molar-refractivity contribution in [2.24, 2.45) is 0 Å². The number of hydrogen-bond acceptors (Lipinski definition) is 7. The van der Waals surface area contributed by atoms with Gasteiger partial charge in [-0.2, -0.15) is 0 Å². The fourth-order valence-corrected chi connectivity index (χ4v) is 5.28. The van der Waals surface area contributed by atoms with Gasteiger partial charge < -0.3 is 36.0 Å². The summed E-state index contributed by atoms with van der Waals surface area (Å²) in [5, 5.41) is 16.6. The van der Waals surface area contributed by atoms with Gasteiger partial charge in [-0.05, 0) is 79.3 Å². The van der Waals surface area contributed by atoms with Gasteiger partial charge in [0.2, 0.25) is 5.91 Å². The lowest BCUT2D eigenvalue weighted by Gasteiger charge is -2.27. The normalized spacial score (nSPS) is 15.3. The van der Waals surface area contributed by atoms with Crippen LogP contribution in [0.2, 0.25) is 0 Å². The Morgan fingerprint density at radius 2 is 1.68 bits per heavy atom. The van der Waals surface area contributed by atoms with Gasteiger partial charge in [0.25, 0.3) is 11.8 Å². The van der Waals surface area contributed by atoms with Crippen LogP contribution in [0.3, 0.4) is 0 Å². The molecular weight excluding hydrogens is 562 g/mol. The maximum absolute atomic E-state index is 14.4. The quantitative estimate of drug-likeness (QED) is 0.226. The van der Waals surface area contributed by atoms with Gasteiger partial charge in [-0.15, -0.1) is 0 Å². The Labute approximate surface area is 254 Å². The minimum absolute atomic E-state index is 0.0145. The molecule has 44 heavy (non-hydrogen) atoms. The van der Waals surface area contributed by atoms with Crippen LogP contribution in [0.5, 0.6) is 5.75 Å². The van der Waals surface area contributed by atoms with Gasteiger partial charge in [0.05, 0.1) is 43.2 Å². The number of nitrogens with two attached hydrogens (primary N) is 1. The van der Waals surface area contributed by atoms with E-state index in [1.54, 1.807) is 86.8 Å². The Balaban J connectivity index is 1.65. The smallest absolute Gasteiger partial charge is 0.335 e.